The van der Waals surface area contributed by atoms with E-state index in [1.54, 1.807) is 19.1 Å². The van der Waals surface area contributed by atoms with Crippen LogP contribution in [0.2, 0.25) is 0 Å². The van der Waals surface area contributed by atoms with Gasteiger partial charge in [0.2, 0.25) is 0 Å². The fourth-order valence-corrected chi connectivity index (χ4v) is 3.07. The Morgan fingerprint density at radius 3 is 2.52 bits per heavy atom. The molecule has 0 aromatic heterocycles. The minimum Gasteiger partial charge on any atom is -0.303 e. The molecule has 0 unspecified atom stereocenters. The molecule has 1 aromatic carbocycles. The van der Waals surface area contributed by atoms with Gasteiger partial charge in [-0.2, -0.15) is 0 Å². The molecule has 0 spiro atoms. The number of carbonyl (C=O) groups is 1. The highest BCUT2D eigenvalue weighted by Crippen LogP contribution is 2.21. The molecule has 1 aliphatic carbocycles. The summed E-state index contributed by atoms with van der Waals surface area (Å²) in [4.78, 5) is 14.5. The summed E-state index contributed by atoms with van der Waals surface area (Å²) >= 11 is 0. The summed E-state index contributed by atoms with van der Waals surface area (Å²) in [6.07, 6.45) is 8.22. The van der Waals surface area contributed by atoms with Gasteiger partial charge in [0, 0.05) is 24.6 Å². The summed E-state index contributed by atoms with van der Waals surface area (Å²) in [5.74, 6) is -0.257. The second kappa shape index (κ2) is 7.69. The lowest BCUT2D eigenvalue weighted by molar-refractivity contribution is 0.0957. The molecule has 0 saturated heterocycles. The maximum Gasteiger partial charge on any atom is 0.164 e. The van der Waals surface area contributed by atoms with Crippen molar-refractivity contribution in [2.24, 2.45) is 0 Å². The van der Waals surface area contributed by atoms with Crippen molar-refractivity contribution < 1.29 is 9.18 Å². The molecule has 0 amide bonds. The summed E-state index contributed by atoms with van der Waals surface area (Å²) in [5, 5.41) is 0. The van der Waals surface area contributed by atoms with Crippen LogP contribution in [0.3, 0.4) is 0 Å². The molecule has 1 fully saturated rings. The average Bonchev–Trinajstić information content (AvgIpc) is 2.76. The molecule has 3 heteroatoms. The molecule has 21 heavy (non-hydrogen) atoms. The zero-order valence-corrected chi connectivity index (χ0v) is 13.2. The first-order valence-electron chi connectivity index (χ1n) is 8.07. The number of halogens is 1. The van der Waals surface area contributed by atoms with Gasteiger partial charge in [0.1, 0.15) is 5.82 Å². The Morgan fingerprint density at radius 1 is 1.24 bits per heavy atom. The van der Waals surface area contributed by atoms with Gasteiger partial charge in [-0.3, -0.25) is 4.79 Å². The van der Waals surface area contributed by atoms with Gasteiger partial charge in [0.05, 0.1) is 0 Å². The van der Waals surface area contributed by atoms with E-state index < -0.39 is 0 Å². The fourth-order valence-electron chi connectivity index (χ4n) is 3.07. The highest BCUT2D eigenvalue weighted by atomic mass is 19.1. The Bertz CT molecular complexity index is 478. The minimum absolute atomic E-state index is 0.0365. The molecular weight excluding hydrogens is 265 g/mol. The second-order valence-electron chi connectivity index (χ2n) is 6.26. The van der Waals surface area contributed by atoms with Crippen molar-refractivity contribution in [3.8, 4) is 0 Å². The molecule has 0 bridgehead atoms. The number of rotatable bonds is 5. The van der Waals surface area contributed by atoms with Gasteiger partial charge >= 0.3 is 0 Å². The van der Waals surface area contributed by atoms with Crippen LogP contribution in [0.15, 0.2) is 18.2 Å². The van der Waals surface area contributed by atoms with Crippen molar-refractivity contribution in [2.45, 2.75) is 57.9 Å². The van der Waals surface area contributed by atoms with E-state index in [0.717, 1.165) is 6.54 Å². The first-order chi connectivity index (χ1) is 10.1. The van der Waals surface area contributed by atoms with E-state index in [0.29, 0.717) is 23.6 Å². The third-order valence-electron chi connectivity index (χ3n) is 4.63. The highest BCUT2D eigenvalue weighted by molar-refractivity contribution is 5.96. The zero-order valence-electron chi connectivity index (χ0n) is 13.2. The first-order valence-corrected chi connectivity index (χ1v) is 8.07. The first kappa shape index (κ1) is 16.2. The molecule has 1 aliphatic rings. The molecular formula is C18H26FNO. The summed E-state index contributed by atoms with van der Waals surface area (Å²) in [5.41, 5.74) is 1.08. The lowest BCUT2D eigenvalue weighted by Gasteiger charge is -2.26. The number of ketones is 1. The van der Waals surface area contributed by atoms with Crippen LogP contribution in [-0.2, 0) is 0 Å². The maximum atomic E-state index is 13.5. The molecule has 2 rings (SSSR count). The van der Waals surface area contributed by atoms with E-state index in [4.69, 9.17) is 0 Å². The van der Waals surface area contributed by atoms with E-state index >= 15 is 0 Å². The lowest BCUT2D eigenvalue weighted by atomic mass is 10.0. The Balaban J connectivity index is 1.86. The van der Waals surface area contributed by atoms with E-state index in [1.165, 1.54) is 44.6 Å². The topological polar surface area (TPSA) is 20.3 Å². The van der Waals surface area contributed by atoms with Crippen molar-refractivity contribution in [3.05, 3.63) is 35.1 Å². The highest BCUT2D eigenvalue weighted by Gasteiger charge is 2.18. The van der Waals surface area contributed by atoms with Gasteiger partial charge < -0.3 is 4.90 Å². The van der Waals surface area contributed by atoms with E-state index in [-0.39, 0.29) is 11.6 Å². The van der Waals surface area contributed by atoms with Crippen LogP contribution in [0.25, 0.3) is 0 Å². The largest absolute Gasteiger partial charge is 0.303 e. The van der Waals surface area contributed by atoms with Crippen LogP contribution >= 0.6 is 0 Å². The van der Waals surface area contributed by atoms with Crippen LogP contribution in [0, 0.1) is 12.7 Å². The van der Waals surface area contributed by atoms with Gasteiger partial charge in [-0.25, -0.2) is 4.39 Å². The third kappa shape index (κ3) is 4.63. The van der Waals surface area contributed by atoms with Crippen LogP contribution in [-0.4, -0.2) is 30.3 Å². The molecule has 2 nitrogen and oxygen atoms in total. The molecule has 1 aromatic rings. The van der Waals surface area contributed by atoms with Crippen molar-refractivity contribution in [3.63, 3.8) is 0 Å². The summed E-state index contributed by atoms with van der Waals surface area (Å²) in [6, 6.07) is 5.38. The van der Waals surface area contributed by atoms with Gasteiger partial charge in [-0.15, -0.1) is 0 Å². The Hall–Kier alpha value is -1.22. The van der Waals surface area contributed by atoms with Crippen LogP contribution < -0.4 is 0 Å². The van der Waals surface area contributed by atoms with E-state index in [2.05, 4.69) is 11.9 Å². The SMILES string of the molecule is Cc1ccc(C(=O)CCN(C)C2CCCCCC2)cc1F. The molecule has 1 saturated carbocycles. The standard InChI is InChI=1S/C18H26FNO/c1-14-9-10-15(13-17(14)19)18(21)11-12-20(2)16-7-5-3-4-6-8-16/h9-10,13,16H,3-8,11-12H2,1-2H3. The molecule has 116 valence electrons. The maximum absolute atomic E-state index is 13.5. The van der Waals surface area contributed by atoms with Gasteiger partial charge in [0.25, 0.3) is 0 Å². The van der Waals surface area contributed by atoms with Crippen LogP contribution in [0.5, 0.6) is 0 Å². The summed E-state index contributed by atoms with van der Waals surface area (Å²) in [6.45, 7) is 2.47. The predicted octanol–water partition coefficient (Wildman–Crippen LogP) is 4.36. The summed E-state index contributed by atoms with van der Waals surface area (Å²) < 4.78 is 13.5. The van der Waals surface area contributed by atoms with Crippen molar-refractivity contribution in [1.29, 1.82) is 0 Å². The quantitative estimate of drug-likeness (QED) is 0.593. The van der Waals surface area contributed by atoms with E-state index in [9.17, 15) is 9.18 Å². The number of benzene rings is 1. The molecule has 0 atom stereocenters. The Labute approximate surface area is 127 Å². The third-order valence-corrected chi connectivity index (χ3v) is 4.63. The normalized spacial score (nSPS) is 17.0. The average molecular weight is 291 g/mol. The Kier molecular flexibility index (Phi) is 5.92. The molecule has 0 aliphatic heterocycles. The number of hydrogen-bond acceptors (Lipinski definition) is 2. The predicted molar refractivity (Wildman–Crippen MR) is 84.2 cm³/mol. The minimum atomic E-state index is -0.294. The zero-order chi connectivity index (χ0) is 15.2. The van der Waals surface area contributed by atoms with Crippen molar-refractivity contribution >= 4 is 5.78 Å². The van der Waals surface area contributed by atoms with Crippen LogP contribution in [0.1, 0.15) is 60.9 Å². The molecule has 0 heterocycles. The number of carbonyl (C=O) groups excluding carboxylic acids is 1. The van der Waals surface area contributed by atoms with E-state index in [1.807, 2.05) is 0 Å². The monoisotopic (exact) mass is 291 g/mol. The number of Topliss-reactive ketones (excluding diaryl/α,β-unsaturated/α-hetero) is 1. The number of hydrogen-bond donors (Lipinski definition) is 0. The molecule has 0 radical (unpaired) electrons. The van der Waals surface area contributed by atoms with Crippen LogP contribution in [0.4, 0.5) is 4.39 Å². The summed E-state index contributed by atoms with van der Waals surface area (Å²) in [7, 11) is 2.11. The number of aryl methyl sites for hydroxylation is 1. The lowest BCUT2D eigenvalue weighted by Crippen LogP contribution is -2.33. The van der Waals surface area contributed by atoms with Gasteiger partial charge in [-0.05, 0) is 38.4 Å². The van der Waals surface area contributed by atoms with Crippen molar-refractivity contribution in [1.82, 2.24) is 4.90 Å². The smallest absolute Gasteiger partial charge is 0.164 e. The van der Waals surface area contributed by atoms with Gasteiger partial charge in [-0.1, -0.05) is 37.8 Å². The number of nitrogens with zero attached hydrogens (tertiary/aromatic N) is 1. The fraction of sp³-hybridized carbons (Fsp3) is 0.611. The van der Waals surface area contributed by atoms with Gasteiger partial charge in [0.15, 0.2) is 5.78 Å². The Morgan fingerprint density at radius 2 is 1.90 bits per heavy atom. The van der Waals surface area contributed by atoms with Crippen molar-refractivity contribution in [2.75, 3.05) is 13.6 Å². The second-order valence-corrected chi connectivity index (χ2v) is 6.26. The molecule has 0 N–H and O–H groups in total.